The van der Waals surface area contributed by atoms with Crippen LogP contribution < -0.4 is 15.0 Å². The minimum Gasteiger partial charge on any atom is -0.484 e. The lowest BCUT2D eigenvalue weighted by Gasteiger charge is -2.32. The van der Waals surface area contributed by atoms with Crippen molar-refractivity contribution in [3.05, 3.63) is 53.7 Å². The van der Waals surface area contributed by atoms with E-state index in [4.69, 9.17) is 9.47 Å². The molecule has 1 amide bonds. The second kappa shape index (κ2) is 9.13. The highest BCUT2D eigenvalue weighted by Gasteiger charge is 2.30. The van der Waals surface area contributed by atoms with Crippen molar-refractivity contribution < 1.29 is 27.4 Å². The first kappa shape index (κ1) is 20.9. The topological polar surface area (TPSA) is 63.7 Å². The van der Waals surface area contributed by atoms with Crippen molar-refractivity contribution in [1.82, 2.24) is 10.3 Å². The normalized spacial score (nSPS) is 17.1. The minimum absolute atomic E-state index is 0.161. The lowest BCUT2D eigenvalue weighted by molar-refractivity contribution is -0.137. The molecule has 1 unspecified atom stereocenters. The van der Waals surface area contributed by atoms with Gasteiger partial charge in [-0.3, -0.25) is 4.79 Å². The van der Waals surface area contributed by atoms with E-state index >= 15 is 0 Å². The zero-order valence-corrected chi connectivity index (χ0v) is 15.9. The molecule has 0 saturated carbocycles. The van der Waals surface area contributed by atoms with Crippen LogP contribution in [0.1, 0.15) is 18.1 Å². The molecule has 1 fully saturated rings. The standard InChI is InChI=1S/C20H22F3N3O3/c1-14-12-26(8-9-28-14)18-7-2-15(10-24-18)11-25-19(27)13-29-17-5-3-16(4-6-17)20(21,22)23/h2-7,10,14H,8-9,11-13H2,1H3,(H,25,27). The van der Waals surface area contributed by atoms with E-state index in [-0.39, 0.29) is 30.9 Å². The third kappa shape index (κ3) is 6.08. The number of rotatable bonds is 6. The maximum absolute atomic E-state index is 12.5. The first-order chi connectivity index (χ1) is 13.8. The van der Waals surface area contributed by atoms with Gasteiger partial charge < -0.3 is 19.7 Å². The fourth-order valence-corrected chi connectivity index (χ4v) is 2.88. The van der Waals surface area contributed by atoms with Crippen LogP contribution in [0.2, 0.25) is 0 Å². The van der Waals surface area contributed by atoms with Gasteiger partial charge in [0.15, 0.2) is 6.61 Å². The molecular weight excluding hydrogens is 387 g/mol. The van der Waals surface area contributed by atoms with Crippen LogP contribution in [0.3, 0.4) is 0 Å². The molecule has 0 aliphatic carbocycles. The van der Waals surface area contributed by atoms with Crippen LogP contribution in [0, 0.1) is 0 Å². The molecule has 2 heterocycles. The number of amides is 1. The van der Waals surface area contributed by atoms with Crippen molar-refractivity contribution in [2.75, 3.05) is 31.2 Å². The number of carbonyl (C=O) groups is 1. The molecule has 1 atom stereocenters. The molecule has 9 heteroatoms. The number of carbonyl (C=O) groups excluding carboxylic acids is 1. The van der Waals surface area contributed by atoms with Gasteiger partial charge in [0, 0.05) is 25.8 Å². The van der Waals surface area contributed by atoms with Crippen LogP contribution in [0.4, 0.5) is 19.0 Å². The lowest BCUT2D eigenvalue weighted by atomic mass is 10.2. The quantitative estimate of drug-likeness (QED) is 0.795. The van der Waals surface area contributed by atoms with Gasteiger partial charge in [0.25, 0.3) is 5.91 Å². The van der Waals surface area contributed by atoms with Gasteiger partial charge in [0.2, 0.25) is 0 Å². The summed E-state index contributed by atoms with van der Waals surface area (Å²) in [6.07, 6.45) is -2.54. The van der Waals surface area contributed by atoms with E-state index in [1.807, 2.05) is 19.1 Å². The Morgan fingerprint density at radius 3 is 2.66 bits per heavy atom. The summed E-state index contributed by atoms with van der Waals surface area (Å²) in [4.78, 5) is 18.5. The fourth-order valence-electron chi connectivity index (χ4n) is 2.88. The number of alkyl halides is 3. The predicted molar refractivity (Wildman–Crippen MR) is 101 cm³/mol. The van der Waals surface area contributed by atoms with E-state index in [2.05, 4.69) is 15.2 Å². The Labute approximate surface area is 166 Å². The molecule has 1 aromatic heterocycles. The monoisotopic (exact) mass is 409 g/mol. The van der Waals surface area contributed by atoms with Gasteiger partial charge in [-0.05, 0) is 42.8 Å². The van der Waals surface area contributed by atoms with Crippen LogP contribution in [-0.2, 0) is 22.3 Å². The average Bonchev–Trinajstić information content (AvgIpc) is 2.71. The highest BCUT2D eigenvalue weighted by Crippen LogP contribution is 2.30. The minimum atomic E-state index is -4.40. The summed E-state index contributed by atoms with van der Waals surface area (Å²) in [5, 5.41) is 2.69. The van der Waals surface area contributed by atoms with E-state index in [0.29, 0.717) is 6.61 Å². The predicted octanol–water partition coefficient (Wildman–Crippen LogP) is 3.02. The summed E-state index contributed by atoms with van der Waals surface area (Å²) in [5.74, 6) is 0.677. The van der Waals surface area contributed by atoms with Crippen LogP contribution in [0.25, 0.3) is 0 Å². The Hall–Kier alpha value is -2.81. The van der Waals surface area contributed by atoms with Crippen molar-refractivity contribution in [1.29, 1.82) is 0 Å². The first-order valence-electron chi connectivity index (χ1n) is 9.19. The second-order valence-electron chi connectivity index (χ2n) is 6.74. The van der Waals surface area contributed by atoms with Crippen molar-refractivity contribution in [3.63, 3.8) is 0 Å². The molecule has 1 N–H and O–H groups in total. The number of pyridine rings is 1. The molecule has 2 aromatic rings. The summed E-state index contributed by atoms with van der Waals surface area (Å²) in [6.45, 7) is 4.24. The van der Waals surface area contributed by atoms with Crippen molar-refractivity contribution >= 4 is 11.7 Å². The smallest absolute Gasteiger partial charge is 0.416 e. The molecule has 1 aliphatic heterocycles. The number of anilines is 1. The summed E-state index contributed by atoms with van der Waals surface area (Å²) in [5.41, 5.74) is 0.0646. The highest BCUT2D eigenvalue weighted by atomic mass is 19.4. The van der Waals surface area contributed by atoms with Gasteiger partial charge in [-0.25, -0.2) is 4.98 Å². The fraction of sp³-hybridized carbons (Fsp3) is 0.400. The molecule has 29 heavy (non-hydrogen) atoms. The Morgan fingerprint density at radius 1 is 1.28 bits per heavy atom. The zero-order valence-electron chi connectivity index (χ0n) is 15.9. The number of nitrogens with one attached hydrogen (secondary N) is 1. The Bertz CT molecular complexity index is 810. The maximum atomic E-state index is 12.5. The Morgan fingerprint density at radius 2 is 2.03 bits per heavy atom. The van der Waals surface area contributed by atoms with Crippen LogP contribution in [0.15, 0.2) is 42.6 Å². The van der Waals surface area contributed by atoms with Crippen molar-refractivity contribution in [3.8, 4) is 5.75 Å². The van der Waals surface area contributed by atoms with E-state index in [1.165, 1.54) is 12.1 Å². The van der Waals surface area contributed by atoms with E-state index < -0.39 is 11.7 Å². The van der Waals surface area contributed by atoms with E-state index in [9.17, 15) is 18.0 Å². The van der Waals surface area contributed by atoms with E-state index in [1.54, 1.807) is 6.20 Å². The molecule has 0 bridgehead atoms. The molecule has 3 rings (SSSR count). The number of hydrogen-bond acceptors (Lipinski definition) is 5. The van der Waals surface area contributed by atoms with Crippen LogP contribution in [-0.4, -0.2) is 43.3 Å². The first-order valence-corrected chi connectivity index (χ1v) is 9.19. The van der Waals surface area contributed by atoms with Gasteiger partial charge in [-0.2, -0.15) is 13.2 Å². The molecular formula is C20H22F3N3O3. The molecule has 1 saturated heterocycles. The van der Waals surface area contributed by atoms with Crippen molar-refractivity contribution in [2.45, 2.75) is 25.7 Å². The van der Waals surface area contributed by atoms with Gasteiger partial charge in [-0.15, -0.1) is 0 Å². The molecule has 0 radical (unpaired) electrons. The summed E-state index contributed by atoms with van der Waals surface area (Å²) in [6, 6.07) is 7.99. The Kier molecular flexibility index (Phi) is 6.58. The highest BCUT2D eigenvalue weighted by molar-refractivity contribution is 5.77. The summed E-state index contributed by atoms with van der Waals surface area (Å²) >= 11 is 0. The van der Waals surface area contributed by atoms with Gasteiger partial charge >= 0.3 is 6.18 Å². The average molecular weight is 409 g/mol. The van der Waals surface area contributed by atoms with Gasteiger partial charge in [0.1, 0.15) is 11.6 Å². The molecule has 6 nitrogen and oxygen atoms in total. The summed E-state index contributed by atoms with van der Waals surface area (Å²) in [7, 11) is 0. The molecule has 156 valence electrons. The van der Waals surface area contributed by atoms with Gasteiger partial charge in [0.05, 0.1) is 18.3 Å². The van der Waals surface area contributed by atoms with Crippen LogP contribution in [0.5, 0.6) is 5.75 Å². The number of hydrogen-bond donors (Lipinski definition) is 1. The number of benzene rings is 1. The zero-order chi connectivity index (χ0) is 20.9. The van der Waals surface area contributed by atoms with E-state index in [0.717, 1.165) is 36.6 Å². The lowest BCUT2D eigenvalue weighted by Crippen LogP contribution is -2.41. The SMILES string of the molecule is CC1CN(c2ccc(CNC(=O)COc3ccc(C(F)(F)F)cc3)cn2)CCO1. The molecule has 1 aliphatic rings. The second-order valence-corrected chi connectivity index (χ2v) is 6.74. The third-order valence-electron chi connectivity index (χ3n) is 4.42. The summed E-state index contributed by atoms with van der Waals surface area (Å²) < 4.78 is 48.3. The number of ether oxygens (including phenoxy) is 2. The van der Waals surface area contributed by atoms with Crippen molar-refractivity contribution in [2.24, 2.45) is 0 Å². The molecule has 1 aromatic carbocycles. The number of halogens is 3. The van der Waals surface area contributed by atoms with Gasteiger partial charge in [-0.1, -0.05) is 6.07 Å². The Balaban J connectivity index is 1.43. The number of morpholine rings is 1. The number of nitrogens with zero attached hydrogens (tertiary/aromatic N) is 2. The van der Waals surface area contributed by atoms with Crippen LogP contribution >= 0.6 is 0 Å². The number of aromatic nitrogens is 1. The third-order valence-corrected chi connectivity index (χ3v) is 4.42. The molecule has 0 spiro atoms. The maximum Gasteiger partial charge on any atom is 0.416 e. The largest absolute Gasteiger partial charge is 0.484 e.